The summed E-state index contributed by atoms with van der Waals surface area (Å²) in [6.45, 7) is 0.689. The number of hydrogen-bond acceptors (Lipinski definition) is 5. The van der Waals surface area contributed by atoms with Crippen molar-refractivity contribution >= 4 is 17.4 Å². The number of halogens is 2. The predicted molar refractivity (Wildman–Crippen MR) is 114 cm³/mol. The van der Waals surface area contributed by atoms with E-state index < -0.39 is 29.2 Å². The second-order valence-corrected chi connectivity index (χ2v) is 7.90. The lowest BCUT2D eigenvalue weighted by molar-refractivity contribution is -0.0357. The van der Waals surface area contributed by atoms with Crippen LogP contribution >= 0.6 is 11.6 Å². The molecule has 0 unspecified atom stereocenters. The topological polar surface area (TPSA) is 81.4 Å². The summed E-state index contributed by atoms with van der Waals surface area (Å²) < 4.78 is 20.2. The number of carbonyl (C=O) groups excluding carboxylic acids is 1. The minimum atomic E-state index is -0.666. The molecular formula is C23H20ClFN2O4. The molecule has 3 aromatic rings. The van der Waals surface area contributed by atoms with Gasteiger partial charge in [0.2, 0.25) is 0 Å². The van der Waals surface area contributed by atoms with Crippen LogP contribution in [0.5, 0.6) is 0 Å². The number of rotatable bonds is 5. The van der Waals surface area contributed by atoms with E-state index in [1.807, 2.05) is 0 Å². The van der Waals surface area contributed by atoms with Crippen LogP contribution in [0.3, 0.4) is 0 Å². The number of Topliss-reactive ketones (excluding diaryl/α,β-unsaturated/α-hetero) is 1. The highest BCUT2D eigenvalue weighted by molar-refractivity contribution is 6.30. The minimum absolute atomic E-state index is 0.0381. The number of aliphatic hydroxyl groups excluding tert-OH is 1. The molecule has 1 aliphatic rings. The monoisotopic (exact) mass is 442 g/mol. The van der Waals surface area contributed by atoms with Gasteiger partial charge in [0.15, 0.2) is 5.78 Å². The van der Waals surface area contributed by atoms with Crippen LogP contribution in [-0.2, 0) is 4.74 Å². The van der Waals surface area contributed by atoms with Gasteiger partial charge < -0.3 is 9.84 Å². The van der Waals surface area contributed by atoms with Gasteiger partial charge in [-0.15, -0.1) is 0 Å². The molecule has 6 nitrogen and oxygen atoms in total. The maximum Gasteiger partial charge on any atom is 0.282 e. The third-order valence-corrected chi connectivity index (χ3v) is 5.54. The molecule has 31 heavy (non-hydrogen) atoms. The lowest BCUT2D eigenvalue weighted by Gasteiger charge is -2.27. The number of ether oxygens (including phenoxy) is 1. The van der Waals surface area contributed by atoms with E-state index in [2.05, 4.69) is 5.10 Å². The van der Waals surface area contributed by atoms with Crippen molar-refractivity contribution in [2.75, 3.05) is 13.2 Å². The summed E-state index contributed by atoms with van der Waals surface area (Å²) in [6, 6.07) is 13.7. The number of ketones is 1. The van der Waals surface area contributed by atoms with Gasteiger partial charge in [0.1, 0.15) is 5.82 Å². The zero-order valence-corrected chi connectivity index (χ0v) is 17.3. The second kappa shape index (κ2) is 9.09. The average Bonchev–Trinajstić information content (AvgIpc) is 2.76. The highest BCUT2D eigenvalue weighted by atomic mass is 35.5. The lowest BCUT2D eigenvalue weighted by atomic mass is 9.91. The largest absolute Gasteiger partial charge is 0.393 e. The van der Waals surface area contributed by atoms with Crippen molar-refractivity contribution in [3.8, 4) is 16.9 Å². The zero-order valence-electron chi connectivity index (χ0n) is 16.5. The molecule has 4 rings (SSSR count). The molecule has 0 spiro atoms. The van der Waals surface area contributed by atoms with Crippen LogP contribution in [0.4, 0.5) is 4.39 Å². The molecular weight excluding hydrogens is 423 g/mol. The number of carbonyl (C=O) groups is 1. The molecule has 0 saturated carbocycles. The summed E-state index contributed by atoms with van der Waals surface area (Å²) in [4.78, 5) is 26.2. The Balaban J connectivity index is 1.80. The van der Waals surface area contributed by atoms with Crippen LogP contribution in [0.25, 0.3) is 16.9 Å². The van der Waals surface area contributed by atoms with Crippen LogP contribution < -0.4 is 5.56 Å². The molecule has 8 heteroatoms. The molecule has 1 aromatic heterocycles. The van der Waals surface area contributed by atoms with Crippen molar-refractivity contribution < 1.29 is 19.0 Å². The molecule has 160 valence electrons. The summed E-state index contributed by atoms with van der Waals surface area (Å²) in [5.74, 6) is -1.35. The fraction of sp³-hybridized carbons (Fsp3) is 0.261. The van der Waals surface area contributed by atoms with E-state index in [0.717, 1.165) is 4.68 Å². The Kier molecular flexibility index (Phi) is 6.27. The Morgan fingerprint density at radius 2 is 2.00 bits per heavy atom. The summed E-state index contributed by atoms with van der Waals surface area (Å²) in [5.41, 5.74) is 0.478. The van der Waals surface area contributed by atoms with Crippen molar-refractivity contribution in [2.24, 2.45) is 5.92 Å². The molecule has 2 heterocycles. The van der Waals surface area contributed by atoms with E-state index in [-0.39, 0.29) is 24.3 Å². The first-order chi connectivity index (χ1) is 14.9. The minimum Gasteiger partial charge on any atom is -0.393 e. The van der Waals surface area contributed by atoms with Crippen molar-refractivity contribution in [3.63, 3.8) is 0 Å². The summed E-state index contributed by atoms with van der Waals surface area (Å²) in [5, 5.41) is 15.1. The first-order valence-electron chi connectivity index (χ1n) is 9.87. The number of aliphatic hydroxyl groups is 1. The van der Waals surface area contributed by atoms with Crippen molar-refractivity contribution in [3.05, 3.63) is 81.4 Å². The number of benzene rings is 2. The van der Waals surface area contributed by atoms with E-state index in [9.17, 15) is 19.1 Å². The van der Waals surface area contributed by atoms with Gasteiger partial charge >= 0.3 is 0 Å². The van der Waals surface area contributed by atoms with Gasteiger partial charge in [0.05, 0.1) is 29.7 Å². The van der Waals surface area contributed by atoms with Crippen LogP contribution in [0, 0.1) is 11.7 Å². The third-order valence-electron chi connectivity index (χ3n) is 5.29. The molecule has 1 fully saturated rings. The number of aromatic nitrogens is 2. The highest BCUT2D eigenvalue weighted by Crippen LogP contribution is 2.23. The van der Waals surface area contributed by atoms with Crippen LogP contribution in [-0.4, -0.2) is 40.0 Å². The molecule has 1 aliphatic heterocycles. The van der Waals surface area contributed by atoms with Crippen LogP contribution in [0.1, 0.15) is 23.2 Å². The Bertz CT molecular complexity index is 1160. The first-order valence-corrected chi connectivity index (χ1v) is 10.3. The molecule has 2 atom stereocenters. The van der Waals surface area contributed by atoms with Gasteiger partial charge in [-0.1, -0.05) is 29.8 Å². The standard InChI is InChI=1S/C23H20ClFN2O4/c24-16-6-4-14(5-7-16)20-12-19(22(29)10-15-13-31-9-8-21(15)28)23(30)27(26-20)18-3-1-2-17(25)11-18/h1-7,11-12,15,21,28H,8-10,13H2/t15-,21+/m0/s1. The van der Waals surface area contributed by atoms with E-state index in [4.69, 9.17) is 16.3 Å². The molecule has 0 bridgehead atoms. The van der Waals surface area contributed by atoms with Gasteiger partial charge in [0, 0.05) is 29.5 Å². The molecule has 0 amide bonds. The van der Waals surface area contributed by atoms with Gasteiger partial charge in [-0.05, 0) is 42.8 Å². The second-order valence-electron chi connectivity index (χ2n) is 7.47. The summed E-state index contributed by atoms with van der Waals surface area (Å²) >= 11 is 5.97. The zero-order chi connectivity index (χ0) is 22.0. The highest BCUT2D eigenvalue weighted by Gasteiger charge is 2.28. The molecule has 1 saturated heterocycles. The maximum atomic E-state index is 13.8. The normalized spacial score (nSPS) is 18.7. The predicted octanol–water partition coefficient (Wildman–Crippen LogP) is 3.66. The summed E-state index contributed by atoms with van der Waals surface area (Å²) in [7, 11) is 0. The smallest absolute Gasteiger partial charge is 0.282 e. The lowest BCUT2D eigenvalue weighted by Crippen LogP contribution is -2.35. The average molecular weight is 443 g/mol. The van der Waals surface area contributed by atoms with E-state index in [1.54, 1.807) is 24.3 Å². The molecule has 0 aliphatic carbocycles. The van der Waals surface area contributed by atoms with Crippen molar-refractivity contribution in [2.45, 2.75) is 18.9 Å². The first kappa shape index (κ1) is 21.4. The van der Waals surface area contributed by atoms with Crippen LogP contribution in [0.15, 0.2) is 59.4 Å². The van der Waals surface area contributed by atoms with E-state index >= 15 is 0 Å². The third kappa shape index (κ3) is 4.74. The fourth-order valence-corrected chi connectivity index (χ4v) is 3.69. The summed E-state index contributed by atoms with van der Waals surface area (Å²) in [6.07, 6.45) is -0.262. The Hall–Kier alpha value is -2.87. The van der Waals surface area contributed by atoms with Gasteiger partial charge in [0.25, 0.3) is 5.56 Å². The van der Waals surface area contributed by atoms with Gasteiger partial charge in [-0.2, -0.15) is 9.78 Å². The van der Waals surface area contributed by atoms with E-state index in [0.29, 0.717) is 29.3 Å². The molecule has 0 radical (unpaired) electrons. The fourth-order valence-electron chi connectivity index (χ4n) is 3.57. The van der Waals surface area contributed by atoms with Crippen molar-refractivity contribution in [1.29, 1.82) is 0 Å². The molecule has 2 aromatic carbocycles. The van der Waals surface area contributed by atoms with Crippen LogP contribution in [0.2, 0.25) is 5.02 Å². The maximum absolute atomic E-state index is 13.8. The SMILES string of the molecule is O=C(C[C@H]1COCC[C@H]1O)c1cc(-c2ccc(Cl)cc2)nn(-c2cccc(F)c2)c1=O. The Labute approximate surface area is 182 Å². The van der Waals surface area contributed by atoms with Gasteiger partial charge in [-0.25, -0.2) is 4.39 Å². The van der Waals surface area contributed by atoms with Crippen molar-refractivity contribution in [1.82, 2.24) is 9.78 Å². The quantitative estimate of drug-likeness (QED) is 0.610. The Morgan fingerprint density at radius 3 is 2.71 bits per heavy atom. The Morgan fingerprint density at radius 1 is 1.23 bits per heavy atom. The number of hydrogen-bond donors (Lipinski definition) is 1. The molecule has 1 N–H and O–H groups in total. The van der Waals surface area contributed by atoms with E-state index in [1.165, 1.54) is 30.3 Å². The number of nitrogens with zero attached hydrogens (tertiary/aromatic N) is 2. The van der Waals surface area contributed by atoms with Gasteiger partial charge in [-0.3, -0.25) is 9.59 Å².